The van der Waals surface area contributed by atoms with Crippen molar-refractivity contribution in [3.63, 3.8) is 0 Å². The van der Waals surface area contributed by atoms with Crippen LogP contribution in [0.25, 0.3) is 0 Å². The van der Waals surface area contributed by atoms with Crippen LogP contribution in [0, 0.1) is 5.92 Å². The summed E-state index contributed by atoms with van der Waals surface area (Å²) in [5.74, 6) is 1.17. The molecule has 1 atom stereocenters. The van der Waals surface area contributed by atoms with Crippen molar-refractivity contribution >= 4 is 6.03 Å². The summed E-state index contributed by atoms with van der Waals surface area (Å²) in [5.41, 5.74) is 1.10. The number of hydrogen-bond acceptors (Lipinski definition) is 3. The molecule has 0 radical (unpaired) electrons. The fraction of sp³-hybridized carbons (Fsp3) is 0.632. The Kier molecular flexibility index (Phi) is 6.91. The van der Waals surface area contributed by atoms with E-state index in [2.05, 4.69) is 24.5 Å². The Labute approximate surface area is 144 Å². The number of para-hydroxylation sites is 1. The number of urea groups is 1. The molecule has 5 nitrogen and oxygen atoms in total. The molecule has 1 aliphatic carbocycles. The second-order valence-electron chi connectivity index (χ2n) is 6.99. The SMILES string of the molecule is COc1ccccc1CC(NC(=O)NC1CCC(O)CC1)C(C)C. The van der Waals surface area contributed by atoms with Crippen LogP contribution in [-0.4, -0.2) is 36.4 Å². The Bertz CT molecular complexity index is 525. The van der Waals surface area contributed by atoms with Gasteiger partial charge >= 0.3 is 6.03 Å². The molecular weight excluding hydrogens is 304 g/mol. The smallest absolute Gasteiger partial charge is 0.315 e. The molecule has 134 valence electrons. The Hall–Kier alpha value is -1.75. The number of aliphatic hydroxyl groups is 1. The molecular formula is C19H30N2O3. The van der Waals surface area contributed by atoms with Crippen molar-refractivity contribution in [3.8, 4) is 5.75 Å². The third-order valence-electron chi connectivity index (χ3n) is 4.79. The van der Waals surface area contributed by atoms with Gasteiger partial charge in [0.25, 0.3) is 0 Å². The monoisotopic (exact) mass is 334 g/mol. The first-order valence-electron chi connectivity index (χ1n) is 8.86. The van der Waals surface area contributed by atoms with Crippen LogP contribution in [0.15, 0.2) is 24.3 Å². The standard InChI is InChI=1S/C19H30N2O3/c1-13(2)17(12-14-6-4-5-7-18(14)24-3)21-19(23)20-15-8-10-16(22)11-9-15/h4-7,13,15-17,22H,8-12H2,1-3H3,(H2,20,21,23). The highest BCUT2D eigenvalue weighted by molar-refractivity contribution is 5.74. The normalized spacial score (nSPS) is 22.0. The van der Waals surface area contributed by atoms with Gasteiger partial charge < -0.3 is 20.5 Å². The third kappa shape index (κ3) is 5.41. The van der Waals surface area contributed by atoms with Crippen molar-refractivity contribution in [1.29, 1.82) is 0 Å². The van der Waals surface area contributed by atoms with Gasteiger partial charge in [0.1, 0.15) is 5.75 Å². The van der Waals surface area contributed by atoms with Crippen molar-refractivity contribution in [1.82, 2.24) is 10.6 Å². The maximum atomic E-state index is 12.3. The second-order valence-corrected chi connectivity index (χ2v) is 6.99. The minimum absolute atomic E-state index is 0.0375. The van der Waals surface area contributed by atoms with E-state index in [0.29, 0.717) is 5.92 Å². The van der Waals surface area contributed by atoms with E-state index >= 15 is 0 Å². The van der Waals surface area contributed by atoms with Crippen molar-refractivity contribution in [2.45, 2.75) is 64.1 Å². The van der Waals surface area contributed by atoms with Gasteiger partial charge in [-0.15, -0.1) is 0 Å². The molecule has 0 saturated heterocycles. The van der Waals surface area contributed by atoms with Crippen LogP contribution in [0.2, 0.25) is 0 Å². The zero-order valence-electron chi connectivity index (χ0n) is 14.9. The van der Waals surface area contributed by atoms with E-state index in [0.717, 1.165) is 43.4 Å². The van der Waals surface area contributed by atoms with E-state index < -0.39 is 0 Å². The van der Waals surface area contributed by atoms with Crippen LogP contribution in [0.5, 0.6) is 5.75 Å². The maximum Gasteiger partial charge on any atom is 0.315 e. The van der Waals surface area contributed by atoms with Crippen LogP contribution in [0.1, 0.15) is 45.1 Å². The van der Waals surface area contributed by atoms with Crippen LogP contribution in [-0.2, 0) is 6.42 Å². The number of nitrogens with one attached hydrogen (secondary N) is 2. The molecule has 2 rings (SSSR count). The lowest BCUT2D eigenvalue weighted by atomic mass is 9.93. The van der Waals surface area contributed by atoms with Gasteiger partial charge in [-0.1, -0.05) is 32.0 Å². The summed E-state index contributed by atoms with van der Waals surface area (Å²) >= 11 is 0. The molecule has 1 aliphatic rings. The summed E-state index contributed by atoms with van der Waals surface area (Å²) in [4.78, 5) is 12.3. The minimum atomic E-state index is -0.208. The summed E-state index contributed by atoms with van der Waals surface area (Å²) < 4.78 is 5.41. The Morgan fingerprint density at radius 1 is 1.25 bits per heavy atom. The van der Waals surface area contributed by atoms with E-state index in [9.17, 15) is 9.90 Å². The van der Waals surface area contributed by atoms with Crippen LogP contribution < -0.4 is 15.4 Å². The number of carbonyl (C=O) groups is 1. The highest BCUT2D eigenvalue weighted by Gasteiger charge is 2.23. The first-order chi connectivity index (χ1) is 11.5. The zero-order chi connectivity index (χ0) is 17.5. The molecule has 24 heavy (non-hydrogen) atoms. The maximum absolute atomic E-state index is 12.3. The summed E-state index contributed by atoms with van der Waals surface area (Å²) in [6, 6.07) is 8.00. The average molecular weight is 334 g/mol. The summed E-state index contributed by atoms with van der Waals surface area (Å²) in [6.07, 6.45) is 3.74. The number of amides is 2. The van der Waals surface area contributed by atoms with Gasteiger partial charge in [0, 0.05) is 12.1 Å². The predicted octanol–water partition coefficient (Wildman–Crippen LogP) is 2.87. The molecule has 1 saturated carbocycles. The number of ether oxygens (including phenoxy) is 1. The van der Waals surface area contributed by atoms with Gasteiger partial charge in [-0.25, -0.2) is 4.79 Å². The van der Waals surface area contributed by atoms with E-state index in [1.807, 2.05) is 24.3 Å². The van der Waals surface area contributed by atoms with Gasteiger partial charge in [-0.2, -0.15) is 0 Å². The van der Waals surface area contributed by atoms with Crippen molar-refractivity contribution in [2.75, 3.05) is 7.11 Å². The largest absolute Gasteiger partial charge is 0.496 e. The van der Waals surface area contributed by atoms with Gasteiger partial charge in [0.15, 0.2) is 0 Å². The molecule has 0 aliphatic heterocycles. The highest BCUT2D eigenvalue weighted by atomic mass is 16.5. The molecule has 1 aromatic carbocycles. The Morgan fingerprint density at radius 3 is 2.54 bits per heavy atom. The van der Waals surface area contributed by atoms with Crippen molar-refractivity contribution in [3.05, 3.63) is 29.8 Å². The van der Waals surface area contributed by atoms with Gasteiger partial charge in [-0.3, -0.25) is 0 Å². The van der Waals surface area contributed by atoms with E-state index in [1.165, 1.54) is 0 Å². The quantitative estimate of drug-likeness (QED) is 0.749. The van der Waals surface area contributed by atoms with Crippen LogP contribution in [0.4, 0.5) is 4.79 Å². The number of hydrogen-bond donors (Lipinski definition) is 3. The van der Waals surface area contributed by atoms with Gasteiger partial charge in [-0.05, 0) is 49.7 Å². The topological polar surface area (TPSA) is 70.6 Å². The van der Waals surface area contributed by atoms with E-state index in [4.69, 9.17) is 4.74 Å². The van der Waals surface area contributed by atoms with Crippen LogP contribution >= 0.6 is 0 Å². The second kappa shape index (κ2) is 8.92. The first-order valence-corrected chi connectivity index (χ1v) is 8.86. The average Bonchev–Trinajstić information content (AvgIpc) is 2.56. The number of aliphatic hydroxyl groups excluding tert-OH is 1. The molecule has 0 spiro atoms. The fourth-order valence-corrected chi connectivity index (χ4v) is 3.18. The molecule has 0 aromatic heterocycles. The molecule has 0 bridgehead atoms. The summed E-state index contributed by atoms with van der Waals surface area (Å²) in [6.45, 7) is 4.22. The van der Waals surface area contributed by atoms with Gasteiger partial charge in [0.2, 0.25) is 0 Å². The highest BCUT2D eigenvalue weighted by Crippen LogP contribution is 2.21. The summed E-state index contributed by atoms with van der Waals surface area (Å²) in [7, 11) is 1.67. The summed E-state index contributed by atoms with van der Waals surface area (Å²) in [5, 5.41) is 15.7. The molecule has 3 N–H and O–H groups in total. The first kappa shape index (κ1) is 18.6. The number of rotatable bonds is 6. The molecule has 2 amide bonds. The lowest BCUT2D eigenvalue weighted by Crippen LogP contribution is -2.49. The molecule has 5 heteroatoms. The van der Waals surface area contributed by atoms with Crippen LogP contribution in [0.3, 0.4) is 0 Å². The van der Waals surface area contributed by atoms with E-state index in [1.54, 1.807) is 7.11 Å². The van der Waals surface area contributed by atoms with Crippen molar-refractivity contribution in [2.24, 2.45) is 5.92 Å². The van der Waals surface area contributed by atoms with Crippen molar-refractivity contribution < 1.29 is 14.6 Å². The minimum Gasteiger partial charge on any atom is -0.496 e. The molecule has 0 heterocycles. The lowest BCUT2D eigenvalue weighted by Gasteiger charge is -2.28. The zero-order valence-corrected chi connectivity index (χ0v) is 14.9. The predicted molar refractivity (Wildman–Crippen MR) is 95.3 cm³/mol. The Morgan fingerprint density at radius 2 is 1.92 bits per heavy atom. The molecule has 1 aromatic rings. The molecule has 1 unspecified atom stereocenters. The van der Waals surface area contributed by atoms with E-state index in [-0.39, 0.29) is 24.2 Å². The number of carbonyl (C=O) groups excluding carboxylic acids is 1. The fourth-order valence-electron chi connectivity index (χ4n) is 3.18. The van der Waals surface area contributed by atoms with Gasteiger partial charge in [0.05, 0.1) is 13.2 Å². The third-order valence-corrected chi connectivity index (χ3v) is 4.79. The number of methoxy groups -OCH3 is 1. The molecule has 1 fully saturated rings. The lowest BCUT2D eigenvalue weighted by molar-refractivity contribution is 0.117. The number of benzene rings is 1. The Balaban J connectivity index is 1.92.